The molecular formula is C21H18N4O3. The van der Waals surface area contributed by atoms with Crippen LogP contribution in [0.3, 0.4) is 0 Å². The van der Waals surface area contributed by atoms with Gasteiger partial charge < -0.3 is 15.0 Å². The lowest BCUT2D eigenvalue weighted by Crippen LogP contribution is -2.33. The van der Waals surface area contributed by atoms with Gasteiger partial charge in [0.05, 0.1) is 6.54 Å². The predicted molar refractivity (Wildman–Crippen MR) is 106 cm³/mol. The van der Waals surface area contributed by atoms with Gasteiger partial charge in [-0.25, -0.2) is 0 Å². The van der Waals surface area contributed by atoms with E-state index in [9.17, 15) is 14.9 Å². The lowest BCUT2D eigenvalue weighted by Gasteiger charge is -2.23. The molecule has 1 amide bonds. The lowest BCUT2D eigenvalue weighted by atomic mass is 10.1. The first-order valence-electron chi connectivity index (χ1n) is 8.57. The predicted octanol–water partition coefficient (Wildman–Crippen LogP) is 3.31. The van der Waals surface area contributed by atoms with E-state index in [1.807, 2.05) is 36.4 Å². The number of hydrogen-bond donors (Lipinski definition) is 0. The van der Waals surface area contributed by atoms with Crippen molar-refractivity contribution in [3.8, 4) is 12.3 Å². The number of nitro groups is 1. The molecule has 28 heavy (non-hydrogen) atoms. The van der Waals surface area contributed by atoms with Gasteiger partial charge in [-0.2, -0.15) is 0 Å². The minimum absolute atomic E-state index is 0.0697. The van der Waals surface area contributed by atoms with Crippen LogP contribution < -0.4 is 4.90 Å². The number of aromatic nitrogens is 2. The highest BCUT2D eigenvalue weighted by Gasteiger charge is 2.21. The van der Waals surface area contributed by atoms with Crippen LogP contribution in [-0.2, 0) is 17.9 Å². The Morgan fingerprint density at radius 3 is 2.64 bits per heavy atom. The zero-order chi connectivity index (χ0) is 20.1. The van der Waals surface area contributed by atoms with Crippen molar-refractivity contribution in [2.45, 2.75) is 20.0 Å². The summed E-state index contributed by atoms with van der Waals surface area (Å²) < 4.78 is 1.48. The Morgan fingerprint density at radius 2 is 2.00 bits per heavy atom. The maximum Gasteiger partial charge on any atom is 0.381 e. The van der Waals surface area contributed by atoms with Crippen LogP contribution in [0.25, 0.3) is 0 Å². The summed E-state index contributed by atoms with van der Waals surface area (Å²) in [5.41, 5.74) is 2.28. The zero-order valence-electron chi connectivity index (χ0n) is 15.3. The minimum Gasteiger partial charge on any atom is -0.358 e. The largest absolute Gasteiger partial charge is 0.381 e. The molecule has 1 heterocycles. The fraction of sp³-hybridized carbons (Fsp3) is 0.143. The average Bonchev–Trinajstić information content (AvgIpc) is 3.07. The molecule has 0 atom stereocenters. The molecular weight excluding hydrogens is 356 g/mol. The van der Waals surface area contributed by atoms with Crippen LogP contribution in [0.1, 0.15) is 17.0 Å². The van der Waals surface area contributed by atoms with Crippen molar-refractivity contribution in [3.63, 3.8) is 0 Å². The Kier molecular flexibility index (Phi) is 5.51. The molecule has 0 N–H and O–H groups in total. The van der Waals surface area contributed by atoms with Crippen molar-refractivity contribution in [2.75, 3.05) is 4.90 Å². The van der Waals surface area contributed by atoms with Gasteiger partial charge in [-0.1, -0.05) is 42.3 Å². The molecule has 0 unspecified atom stereocenters. The highest BCUT2D eigenvalue weighted by molar-refractivity contribution is 5.93. The standard InChI is InChI=1S/C21H18N4O3/c1-3-17-10-7-11-19(12-17)24(13-18-8-5-4-6-9-18)21(26)15-23-14-20(25(27)28)22-16(23)2/h1,4-12,14H,13,15H2,2H3. The second kappa shape index (κ2) is 8.18. The number of amides is 1. The van der Waals surface area contributed by atoms with E-state index in [-0.39, 0.29) is 18.3 Å². The second-order valence-corrected chi connectivity index (χ2v) is 6.19. The highest BCUT2D eigenvalue weighted by atomic mass is 16.6. The van der Waals surface area contributed by atoms with Crippen LogP contribution in [0.2, 0.25) is 0 Å². The maximum atomic E-state index is 13.1. The van der Waals surface area contributed by atoms with Crippen molar-refractivity contribution in [1.82, 2.24) is 9.55 Å². The molecule has 1 aromatic heterocycles. The Labute approximate surface area is 162 Å². The fourth-order valence-corrected chi connectivity index (χ4v) is 2.82. The van der Waals surface area contributed by atoms with Crippen LogP contribution in [0.4, 0.5) is 11.5 Å². The van der Waals surface area contributed by atoms with Gasteiger partial charge in [-0.3, -0.25) is 9.36 Å². The summed E-state index contributed by atoms with van der Waals surface area (Å²) in [5.74, 6) is 2.46. The summed E-state index contributed by atoms with van der Waals surface area (Å²) in [7, 11) is 0. The van der Waals surface area contributed by atoms with E-state index in [2.05, 4.69) is 10.9 Å². The van der Waals surface area contributed by atoms with Crippen LogP contribution >= 0.6 is 0 Å². The molecule has 140 valence electrons. The van der Waals surface area contributed by atoms with E-state index in [4.69, 9.17) is 6.42 Å². The monoisotopic (exact) mass is 374 g/mol. The summed E-state index contributed by atoms with van der Waals surface area (Å²) >= 11 is 0. The normalized spacial score (nSPS) is 10.3. The number of terminal acetylenes is 1. The molecule has 0 aliphatic rings. The van der Waals surface area contributed by atoms with Crippen LogP contribution in [0.5, 0.6) is 0 Å². The van der Waals surface area contributed by atoms with E-state index in [0.717, 1.165) is 5.56 Å². The van der Waals surface area contributed by atoms with E-state index >= 15 is 0 Å². The van der Waals surface area contributed by atoms with Crippen LogP contribution in [0.15, 0.2) is 60.8 Å². The number of rotatable bonds is 6. The first-order chi connectivity index (χ1) is 13.5. The van der Waals surface area contributed by atoms with Crippen LogP contribution in [-0.4, -0.2) is 20.4 Å². The molecule has 0 saturated carbocycles. The van der Waals surface area contributed by atoms with Gasteiger partial charge >= 0.3 is 5.82 Å². The maximum absolute atomic E-state index is 13.1. The molecule has 3 rings (SSSR count). The molecule has 0 saturated heterocycles. The third-order valence-electron chi connectivity index (χ3n) is 4.27. The highest BCUT2D eigenvalue weighted by Crippen LogP contribution is 2.20. The molecule has 7 heteroatoms. The van der Waals surface area contributed by atoms with Crippen molar-refractivity contribution in [3.05, 3.63) is 87.9 Å². The van der Waals surface area contributed by atoms with Crippen molar-refractivity contribution in [1.29, 1.82) is 0 Å². The van der Waals surface area contributed by atoms with Gasteiger partial charge in [-0.15, -0.1) is 6.42 Å². The molecule has 0 aliphatic heterocycles. The van der Waals surface area contributed by atoms with Crippen molar-refractivity contribution >= 4 is 17.4 Å². The molecule has 0 fully saturated rings. The Balaban J connectivity index is 1.92. The molecule has 3 aromatic rings. The number of hydrogen-bond acceptors (Lipinski definition) is 4. The number of nitrogens with zero attached hydrogens (tertiary/aromatic N) is 4. The molecule has 0 spiro atoms. The lowest BCUT2D eigenvalue weighted by molar-refractivity contribution is -0.389. The number of carbonyl (C=O) groups excluding carboxylic acids is 1. The molecule has 7 nitrogen and oxygen atoms in total. The first kappa shape index (κ1) is 18.9. The zero-order valence-corrected chi connectivity index (χ0v) is 15.3. The topological polar surface area (TPSA) is 81.3 Å². The van der Waals surface area contributed by atoms with Gasteiger partial charge in [0.1, 0.15) is 12.7 Å². The van der Waals surface area contributed by atoms with E-state index in [1.54, 1.807) is 30.0 Å². The van der Waals surface area contributed by atoms with E-state index in [1.165, 1.54) is 10.8 Å². The van der Waals surface area contributed by atoms with Gasteiger partial charge in [0.25, 0.3) is 0 Å². The Hall–Kier alpha value is -3.92. The average molecular weight is 374 g/mol. The number of benzene rings is 2. The third kappa shape index (κ3) is 4.24. The Bertz CT molecular complexity index is 1050. The number of anilines is 1. The molecule has 2 aromatic carbocycles. The summed E-state index contributed by atoms with van der Waals surface area (Å²) in [6, 6.07) is 16.7. The number of aryl methyl sites for hydroxylation is 1. The first-order valence-corrected chi connectivity index (χ1v) is 8.57. The summed E-state index contributed by atoms with van der Waals surface area (Å²) in [4.78, 5) is 28.9. The summed E-state index contributed by atoms with van der Waals surface area (Å²) in [6.45, 7) is 1.91. The van der Waals surface area contributed by atoms with E-state index < -0.39 is 4.92 Å². The summed E-state index contributed by atoms with van der Waals surface area (Å²) in [6.07, 6.45) is 6.76. The molecule has 0 bridgehead atoms. The van der Waals surface area contributed by atoms with Gasteiger partial charge in [0, 0.05) is 18.2 Å². The van der Waals surface area contributed by atoms with Crippen molar-refractivity contribution in [2.24, 2.45) is 0 Å². The Morgan fingerprint density at radius 1 is 1.25 bits per heavy atom. The van der Waals surface area contributed by atoms with Crippen molar-refractivity contribution < 1.29 is 9.72 Å². The minimum atomic E-state index is -0.577. The molecule has 0 aliphatic carbocycles. The molecule has 0 radical (unpaired) electrons. The summed E-state index contributed by atoms with van der Waals surface area (Å²) in [5, 5.41) is 10.9. The smallest absolute Gasteiger partial charge is 0.358 e. The second-order valence-electron chi connectivity index (χ2n) is 6.19. The van der Waals surface area contributed by atoms with Gasteiger partial charge in [-0.05, 0) is 33.7 Å². The third-order valence-corrected chi connectivity index (χ3v) is 4.27. The van der Waals surface area contributed by atoms with Gasteiger partial charge in [0.2, 0.25) is 11.7 Å². The number of imidazole rings is 1. The number of carbonyl (C=O) groups is 1. The van der Waals surface area contributed by atoms with Crippen LogP contribution in [0, 0.1) is 29.4 Å². The fourth-order valence-electron chi connectivity index (χ4n) is 2.82. The van der Waals surface area contributed by atoms with Gasteiger partial charge in [0.15, 0.2) is 0 Å². The quantitative estimate of drug-likeness (QED) is 0.377. The SMILES string of the molecule is C#Cc1cccc(N(Cc2ccccc2)C(=O)Cn2cc([N+](=O)[O-])nc2C)c1. The van der Waals surface area contributed by atoms with E-state index in [0.29, 0.717) is 23.6 Å².